The molecule has 0 aliphatic heterocycles. The number of halogens is 8. The average Bonchev–Trinajstić information content (AvgIpc) is 2.69. The fraction of sp³-hybridized carbons (Fsp3) is 0.333. The molecule has 0 aliphatic rings. The highest BCUT2D eigenvalue weighted by molar-refractivity contribution is 9.10. The van der Waals surface area contributed by atoms with Gasteiger partial charge in [-0.25, -0.2) is 0 Å². The van der Waals surface area contributed by atoms with Gasteiger partial charge in [0.25, 0.3) is 0 Å². The van der Waals surface area contributed by atoms with E-state index >= 15 is 0 Å². The summed E-state index contributed by atoms with van der Waals surface area (Å²) in [6.07, 6.45) is -10.8. The molecule has 0 nitrogen and oxygen atoms in total. The Morgan fingerprint density at radius 1 is 1.00 bits per heavy atom. The fourth-order valence-electron chi connectivity index (χ4n) is 1.95. The summed E-state index contributed by atoms with van der Waals surface area (Å²) in [6.45, 7) is 0. The Hall–Kier alpha value is -0.280. The lowest BCUT2D eigenvalue weighted by atomic mass is 9.97. The van der Waals surface area contributed by atoms with Crippen LogP contribution in [-0.4, -0.2) is 12.4 Å². The number of alkyl halides is 7. The average molecular weight is 456 g/mol. The Balaban J connectivity index is 2.54. The predicted octanol–water partition coefficient (Wildman–Crippen LogP) is 6.84. The molecule has 1 heterocycles. The van der Waals surface area contributed by atoms with E-state index in [2.05, 4.69) is 31.9 Å². The molecular weight excluding hydrogens is 450 g/mol. The van der Waals surface area contributed by atoms with Crippen molar-refractivity contribution < 1.29 is 26.3 Å². The summed E-state index contributed by atoms with van der Waals surface area (Å²) < 4.78 is 77.9. The van der Waals surface area contributed by atoms with Crippen LogP contribution in [0, 0.1) is 5.92 Å². The van der Waals surface area contributed by atoms with Gasteiger partial charge in [-0.2, -0.15) is 26.3 Å². The first-order valence-electron chi connectivity index (χ1n) is 5.46. The van der Waals surface area contributed by atoms with E-state index in [1.54, 1.807) is 12.1 Å². The first-order chi connectivity index (χ1) is 9.53. The maximum atomic E-state index is 12.8. The molecular formula is C12H6Br2F6S. The zero-order chi connectivity index (χ0) is 16.0. The molecule has 0 radical (unpaired) electrons. The molecule has 0 amide bonds. The minimum atomic E-state index is -5.38. The number of fused-ring (bicyclic) bond motifs is 1. The zero-order valence-electron chi connectivity index (χ0n) is 9.90. The van der Waals surface area contributed by atoms with Crippen LogP contribution >= 0.6 is 43.2 Å². The van der Waals surface area contributed by atoms with E-state index in [1.165, 1.54) is 11.4 Å². The van der Waals surface area contributed by atoms with Crippen molar-refractivity contribution in [3.63, 3.8) is 0 Å². The molecule has 2 rings (SSSR count). The van der Waals surface area contributed by atoms with Gasteiger partial charge in [-0.15, -0.1) is 11.3 Å². The van der Waals surface area contributed by atoms with E-state index in [9.17, 15) is 26.3 Å². The van der Waals surface area contributed by atoms with E-state index in [0.717, 1.165) is 11.3 Å². The Kier molecular flexibility index (Phi) is 4.66. The highest BCUT2D eigenvalue weighted by Gasteiger charge is 2.60. The summed E-state index contributed by atoms with van der Waals surface area (Å²) in [7, 11) is 0. The molecule has 1 unspecified atom stereocenters. The van der Waals surface area contributed by atoms with Crippen molar-refractivity contribution in [2.24, 2.45) is 5.92 Å². The van der Waals surface area contributed by atoms with Crippen molar-refractivity contribution in [2.75, 3.05) is 0 Å². The van der Waals surface area contributed by atoms with Gasteiger partial charge in [-0.3, -0.25) is 0 Å². The van der Waals surface area contributed by atoms with Gasteiger partial charge in [-0.05, 0) is 38.3 Å². The van der Waals surface area contributed by atoms with Crippen molar-refractivity contribution >= 4 is 53.3 Å². The third-order valence-electron chi connectivity index (χ3n) is 2.88. The number of hydrogen-bond acceptors (Lipinski definition) is 1. The van der Waals surface area contributed by atoms with Crippen LogP contribution in [0.15, 0.2) is 28.1 Å². The molecule has 0 aliphatic carbocycles. The lowest BCUT2D eigenvalue weighted by Gasteiger charge is -2.27. The predicted molar refractivity (Wildman–Crippen MR) is 76.8 cm³/mol. The van der Waals surface area contributed by atoms with Crippen molar-refractivity contribution in [1.82, 2.24) is 0 Å². The third kappa shape index (κ3) is 3.39. The van der Waals surface area contributed by atoms with Crippen molar-refractivity contribution in [3.05, 3.63) is 33.6 Å². The first-order valence-corrected chi connectivity index (χ1v) is 8.05. The van der Waals surface area contributed by atoms with Gasteiger partial charge in [0.2, 0.25) is 0 Å². The third-order valence-corrected chi connectivity index (χ3v) is 5.87. The number of rotatable bonds is 2. The number of thiophene rings is 1. The molecule has 1 aromatic heterocycles. The molecule has 0 N–H and O–H groups in total. The maximum Gasteiger partial charge on any atom is 0.401 e. The van der Waals surface area contributed by atoms with E-state index in [0.29, 0.717) is 14.6 Å². The molecule has 0 saturated carbocycles. The zero-order valence-corrected chi connectivity index (χ0v) is 13.9. The fourth-order valence-corrected chi connectivity index (χ4v) is 4.76. The van der Waals surface area contributed by atoms with Crippen LogP contribution in [0.4, 0.5) is 26.3 Å². The minimum Gasteiger partial charge on any atom is -0.170 e. The van der Waals surface area contributed by atoms with Crippen molar-refractivity contribution in [1.29, 1.82) is 0 Å². The Morgan fingerprint density at radius 2 is 1.57 bits per heavy atom. The van der Waals surface area contributed by atoms with E-state index in [1.807, 2.05) is 0 Å². The topological polar surface area (TPSA) is 0 Å². The summed E-state index contributed by atoms with van der Waals surface area (Å²) >= 11 is 6.92. The molecule has 9 heteroatoms. The largest absolute Gasteiger partial charge is 0.401 e. The highest BCUT2D eigenvalue weighted by Crippen LogP contribution is 2.52. The Bertz CT molecular complexity index is 631. The standard InChI is InChI=1S/C12H6Br2F6S/c13-7-3-1-2-5-6(4-21-9(5)7)8(14)10(11(15,16)17)12(18,19)20/h1-4,8,10H. The molecule has 1 atom stereocenters. The van der Waals surface area contributed by atoms with Gasteiger partial charge < -0.3 is 0 Å². The SMILES string of the molecule is FC(F)(F)C(C(Br)c1csc2c(Br)cccc12)C(F)(F)F. The van der Waals surface area contributed by atoms with Gasteiger partial charge in [0.05, 0.1) is 4.83 Å². The Labute approximate surface area is 136 Å². The highest BCUT2D eigenvalue weighted by atomic mass is 79.9. The molecule has 116 valence electrons. The molecule has 2 aromatic rings. The lowest BCUT2D eigenvalue weighted by molar-refractivity contribution is -0.283. The van der Waals surface area contributed by atoms with E-state index in [-0.39, 0.29) is 5.56 Å². The smallest absolute Gasteiger partial charge is 0.170 e. The van der Waals surface area contributed by atoms with E-state index in [4.69, 9.17) is 0 Å². The monoisotopic (exact) mass is 454 g/mol. The summed E-state index contributed by atoms with van der Waals surface area (Å²) in [5.41, 5.74) is -0.0176. The maximum absolute atomic E-state index is 12.8. The van der Waals surface area contributed by atoms with E-state index < -0.39 is 23.1 Å². The lowest BCUT2D eigenvalue weighted by Crippen LogP contribution is -2.39. The molecule has 21 heavy (non-hydrogen) atoms. The molecule has 0 saturated heterocycles. The van der Waals surface area contributed by atoms with Crippen LogP contribution < -0.4 is 0 Å². The first kappa shape index (κ1) is 17.1. The van der Waals surface area contributed by atoms with Gasteiger partial charge in [-0.1, -0.05) is 28.1 Å². The number of hydrogen-bond donors (Lipinski definition) is 0. The van der Waals surface area contributed by atoms with Crippen LogP contribution in [0.3, 0.4) is 0 Å². The van der Waals surface area contributed by atoms with Crippen LogP contribution in [0.2, 0.25) is 0 Å². The normalized spacial score (nSPS) is 14.9. The Morgan fingerprint density at radius 3 is 2.10 bits per heavy atom. The second-order valence-electron chi connectivity index (χ2n) is 4.27. The summed E-state index contributed by atoms with van der Waals surface area (Å²) in [5.74, 6) is -3.46. The van der Waals surface area contributed by atoms with Gasteiger partial charge in [0, 0.05) is 9.17 Å². The van der Waals surface area contributed by atoms with Crippen LogP contribution in [0.25, 0.3) is 10.1 Å². The van der Waals surface area contributed by atoms with Crippen LogP contribution in [0.5, 0.6) is 0 Å². The number of benzene rings is 1. The van der Waals surface area contributed by atoms with Crippen LogP contribution in [-0.2, 0) is 0 Å². The summed E-state index contributed by atoms with van der Waals surface area (Å²) in [5, 5.41) is 1.69. The quantitative estimate of drug-likeness (QED) is 0.343. The van der Waals surface area contributed by atoms with Gasteiger partial charge >= 0.3 is 12.4 Å². The van der Waals surface area contributed by atoms with Crippen molar-refractivity contribution in [2.45, 2.75) is 17.2 Å². The summed E-state index contributed by atoms with van der Waals surface area (Å²) in [4.78, 5) is -1.89. The summed E-state index contributed by atoms with van der Waals surface area (Å²) in [6, 6.07) is 4.75. The second-order valence-corrected chi connectivity index (χ2v) is 6.99. The van der Waals surface area contributed by atoms with Gasteiger partial charge in [0.15, 0.2) is 5.92 Å². The minimum absolute atomic E-state index is 0.0176. The van der Waals surface area contributed by atoms with Gasteiger partial charge in [0.1, 0.15) is 0 Å². The molecule has 1 aromatic carbocycles. The molecule has 0 spiro atoms. The molecule has 0 fully saturated rings. The molecule has 0 bridgehead atoms. The second kappa shape index (κ2) is 5.73. The van der Waals surface area contributed by atoms with Crippen molar-refractivity contribution in [3.8, 4) is 0 Å². The van der Waals surface area contributed by atoms with Crippen LogP contribution in [0.1, 0.15) is 10.4 Å².